The highest BCUT2D eigenvalue weighted by Gasteiger charge is 2.18. The maximum Gasteiger partial charge on any atom is 0.338 e. The van der Waals surface area contributed by atoms with Crippen LogP contribution in [0.2, 0.25) is 0 Å². The lowest BCUT2D eigenvalue weighted by molar-refractivity contribution is 0.0472. The van der Waals surface area contributed by atoms with Crippen LogP contribution in [0.3, 0.4) is 0 Å². The van der Waals surface area contributed by atoms with Gasteiger partial charge in [-0.2, -0.15) is 0 Å². The first kappa shape index (κ1) is 23.0. The summed E-state index contributed by atoms with van der Waals surface area (Å²) < 4.78 is 5.53. The normalized spacial score (nSPS) is 13.4. The fourth-order valence-electron chi connectivity index (χ4n) is 4.20. The van der Waals surface area contributed by atoms with Crippen molar-refractivity contribution in [3.05, 3.63) is 106 Å². The second-order valence-corrected chi connectivity index (χ2v) is 9.56. The van der Waals surface area contributed by atoms with Gasteiger partial charge in [-0.3, -0.25) is 0 Å². The number of fused-ring (bicyclic) bond motifs is 2. The molecule has 1 unspecified atom stereocenters. The number of aromatic carboxylic acids is 1. The summed E-state index contributed by atoms with van der Waals surface area (Å²) in [5, 5.41) is 31.7. The molecule has 0 fully saturated rings. The molecule has 3 N–H and O–H groups in total. The molecule has 0 radical (unpaired) electrons. The molecule has 0 aromatic heterocycles. The molecule has 0 saturated heterocycles. The van der Waals surface area contributed by atoms with Crippen molar-refractivity contribution in [2.75, 3.05) is 5.75 Å². The van der Waals surface area contributed by atoms with Crippen molar-refractivity contribution in [1.29, 1.82) is 0 Å². The number of aliphatic hydroxyl groups is 1. The average molecular weight is 487 g/mol. The summed E-state index contributed by atoms with van der Waals surface area (Å²) in [5.74, 6) is -0.539. The molecule has 0 amide bonds. The van der Waals surface area contributed by atoms with Crippen LogP contribution in [0.4, 0.5) is 0 Å². The Labute approximate surface area is 205 Å². The number of hydrogen-bond donors (Lipinski definition) is 3. The van der Waals surface area contributed by atoms with Gasteiger partial charge in [0.25, 0.3) is 0 Å². The highest BCUT2D eigenvalue weighted by atomic mass is 32.2. The van der Waals surface area contributed by atoms with Gasteiger partial charge in [-0.25, -0.2) is 9.59 Å². The van der Waals surface area contributed by atoms with Crippen molar-refractivity contribution in [1.82, 2.24) is 0 Å². The Hall–Kier alpha value is -3.81. The van der Waals surface area contributed by atoms with Crippen LogP contribution < -0.4 is 0 Å². The minimum absolute atomic E-state index is 0.0996. The number of aromatic hydroxyl groups is 1. The summed E-state index contributed by atoms with van der Waals surface area (Å²) in [5.41, 5.74) is 3.40. The Morgan fingerprint density at radius 3 is 2.46 bits per heavy atom. The molecule has 1 heterocycles. The summed E-state index contributed by atoms with van der Waals surface area (Å²) in [7, 11) is 0. The van der Waals surface area contributed by atoms with Crippen LogP contribution >= 0.6 is 11.8 Å². The van der Waals surface area contributed by atoms with Crippen molar-refractivity contribution >= 4 is 34.5 Å². The van der Waals surface area contributed by atoms with Gasteiger partial charge in [0.15, 0.2) is 0 Å². The van der Waals surface area contributed by atoms with E-state index in [1.807, 2.05) is 17.8 Å². The van der Waals surface area contributed by atoms with Crippen molar-refractivity contribution in [3.8, 4) is 5.75 Å². The number of esters is 1. The molecule has 7 heteroatoms. The van der Waals surface area contributed by atoms with E-state index in [4.69, 9.17) is 9.84 Å². The number of hydrogen-bond acceptors (Lipinski definition) is 6. The van der Waals surface area contributed by atoms with Gasteiger partial charge in [0.1, 0.15) is 18.5 Å². The predicted octanol–water partition coefficient (Wildman–Crippen LogP) is 5.33. The monoisotopic (exact) mass is 486 g/mol. The Morgan fingerprint density at radius 1 is 0.914 bits per heavy atom. The SMILES string of the molecule is O=C(O)c1ccc(C(O)c2cc3cc(C(=O)OCc4ccc5c(c4)CCS5)ccc3cc2O)cc1. The van der Waals surface area contributed by atoms with E-state index in [1.54, 1.807) is 24.3 Å². The molecular formula is C28H22O6S. The van der Waals surface area contributed by atoms with Gasteiger partial charge in [-0.15, -0.1) is 11.8 Å². The first-order chi connectivity index (χ1) is 16.9. The molecule has 1 aliphatic heterocycles. The molecule has 0 aliphatic carbocycles. The average Bonchev–Trinajstić information content (AvgIpc) is 3.34. The van der Waals surface area contributed by atoms with Crippen molar-refractivity contribution < 1.29 is 29.6 Å². The number of ether oxygens (including phenoxy) is 1. The zero-order valence-electron chi connectivity index (χ0n) is 18.6. The molecule has 176 valence electrons. The minimum Gasteiger partial charge on any atom is -0.508 e. The fraction of sp³-hybridized carbons (Fsp3) is 0.143. The molecule has 0 bridgehead atoms. The van der Waals surface area contributed by atoms with Crippen LogP contribution in [0.15, 0.2) is 77.7 Å². The number of phenolic OH excluding ortho intramolecular Hbond substituents is 1. The van der Waals surface area contributed by atoms with Crippen molar-refractivity contribution in [2.24, 2.45) is 0 Å². The molecule has 1 aliphatic rings. The van der Waals surface area contributed by atoms with Gasteiger partial charge in [-0.05, 0) is 76.3 Å². The molecule has 5 rings (SSSR count). The molecular weight excluding hydrogens is 464 g/mol. The molecule has 1 atom stereocenters. The predicted molar refractivity (Wildman–Crippen MR) is 133 cm³/mol. The number of benzene rings is 4. The van der Waals surface area contributed by atoms with E-state index in [1.165, 1.54) is 40.8 Å². The molecule has 0 spiro atoms. The zero-order valence-corrected chi connectivity index (χ0v) is 19.4. The maximum absolute atomic E-state index is 12.7. The first-order valence-corrected chi connectivity index (χ1v) is 12.1. The first-order valence-electron chi connectivity index (χ1n) is 11.1. The van der Waals surface area contributed by atoms with Gasteiger partial charge >= 0.3 is 11.9 Å². The van der Waals surface area contributed by atoms with E-state index in [9.17, 15) is 19.8 Å². The second kappa shape index (κ2) is 9.44. The number of thioether (sulfide) groups is 1. The molecule has 0 saturated carbocycles. The third kappa shape index (κ3) is 4.73. The Bertz CT molecular complexity index is 1440. The molecule has 4 aromatic rings. The van der Waals surface area contributed by atoms with E-state index < -0.39 is 18.0 Å². The van der Waals surface area contributed by atoms with E-state index >= 15 is 0 Å². The largest absolute Gasteiger partial charge is 0.508 e. The molecule has 4 aromatic carbocycles. The smallest absolute Gasteiger partial charge is 0.338 e. The summed E-state index contributed by atoms with van der Waals surface area (Å²) >= 11 is 1.84. The third-order valence-corrected chi connectivity index (χ3v) is 7.23. The number of carboxylic acids is 1. The number of aryl methyl sites for hydroxylation is 1. The standard InChI is InChI=1S/C28H22O6S/c29-24-14-19-6-7-21(28(33)34-15-16-1-8-25-20(11-16)9-10-35-25)12-22(19)13-23(24)26(30)17-2-4-18(5-3-17)27(31)32/h1-8,11-14,26,29-30H,9-10,15H2,(H,31,32). The molecule has 6 nitrogen and oxygen atoms in total. The molecule has 35 heavy (non-hydrogen) atoms. The highest BCUT2D eigenvalue weighted by molar-refractivity contribution is 7.99. The van der Waals surface area contributed by atoms with E-state index in [0.717, 1.165) is 17.7 Å². The summed E-state index contributed by atoms with van der Waals surface area (Å²) in [6, 6.07) is 20.1. The summed E-state index contributed by atoms with van der Waals surface area (Å²) in [4.78, 5) is 25.1. The number of carboxylic acid groups (broad SMARTS) is 1. The van der Waals surface area contributed by atoms with E-state index in [0.29, 0.717) is 21.9 Å². The number of carbonyl (C=O) groups excluding carboxylic acids is 1. The van der Waals surface area contributed by atoms with Gasteiger partial charge in [0, 0.05) is 16.2 Å². The van der Waals surface area contributed by atoms with Gasteiger partial charge < -0.3 is 20.1 Å². The lowest BCUT2D eigenvalue weighted by Gasteiger charge is -2.15. The van der Waals surface area contributed by atoms with Gasteiger partial charge in [-0.1, -0.05) is 30.3 Å². The van der Waals surface area contributed by atoms with Crippen LogP contribution in [-0.2, 0) is 17.8 Å². The van der Waals surface area contributed by atoms with Crippen LogP contribution in [0, 0.1) is 0 Å². The Morgan fingerprint density at radius 2 is 1.69 bits per heavy atom. The van der Waals surface area contributed by atoms with Crippen molar-refractivity contribution in [3.63, 3.8) is 0 Å². The number of rotatable bonds is 6. The number of phenols is 1. The third-order valence-electron chi connectivity index (χ3n) is 6.11. The quantitative estimate of drug-likeness (QED) is 0.317. The highest BCUT2D eigenvalue weighted by Crippen LogP contribution is 2.34. The van der Waals surface area contributed by atoms with Crippen LogP contribution in [0.25, 0.3) is 10.8 Å². The Balaban J connectivity index is 1.36. The summed E-state index contributed by atoms with van der Waals surface area (Å²) in [6.07, 6.45) is -0.146. The van der Waals surface area contributed by atoms with Gasteiger partial charge in [0.2, 0.25) is 0 Å². The lowest BCUT2D eigenvalue weighted by Crippen LogP contribution is -2.06. The minimum atomic E-state index is -1.17. The topological polar surface area (TPSA) is 104 Å². The Kier molecular flexibility index (Phi) is 6.19. The second-order valence-electron chi connectivity index (χ2n) is 8.42. The summed E-state index contributed by atoms with van der Waals surface area (Å²) in [6.45, 7) is 0.181. The van der Waals surface area contributed by atoms with E-state index in [-0.39, 0.29) is 23.5 Å². The van der Waals surface area contributed by atoms with Crippen LogP contribution in [0.1, 0.15) is 49.1 Å². The number of carbonyl (C=O) groups is 2. The fourth-order valence-corrected chi connectivity index (χ4v) is 5.25. The van der Waals surface area contributed by atoms with Crippen LogP contribution in [-0.4, -0.2) is 33.0 Å². The van der Waals surface area contributed by atoms with Gasteiger partial charge in [0.05, 0.1) is 11.1 Å². The van der Waals surface area contributed by atoms with E-state index in [2.05, 4.69) is 12.1 Å². The van der Waals surface area contributed by atoms with Crippen molar-refractivity contribution in [2.45, 2.75) is 24.0 Å². The lowest BCUT2D eigenvalue weighted by atomic mass is 9.96. The number of aliphatic hydroxyl groups excluding tert-OH is 1. The van der Waals surface area contributed by atoms with Crippen LogP contribution in [0.5, 0.6) is 5.75 Å². The zero-order chi connectivity index (χ0) is 24.5. The maximum atomic E-state index is 12.7.